The van der Waals surface area contributed by atoms with E-state index in [4.69, 9.17) is 4.65 Å². The highest BCUT2D eigenvalue weighted by molar-refractivity contribution is 6.46. The van der Waals surface area contributed by atoms with E-state index in [2.05, 4.69) is 21.3 Å². The van der Waals surface area contributed by atoms with Gasteiger partial charge in [0.2, 0.25) is 23.6 Å². The normalized spacial score (nSPS) is 21.7. The van der Waals surface area contributed by atoms with Crippen molar-refractivity contribution in [2.75, 3.05) is 13.2 Å². The maximum Gasteiger partial charge on any atom is 0.478 e. The van der Waals surface area contributed by atoms with Crippen LogP contribution in [0.5, 0.6) is 0 Å². The summed E-state index contributed by atoms with van der Waals surface area (Å²) in [6, 6.07) is -1.53. The largest absolute Gasteiger partial charge is 0.478 e. The Labute approximate surface area is 164 Å². The zero-order chi connectivity index (χ0) is 20.7. The Morgan fingerprint density at radius 2 is 1.79 bits per heavy atom. The molecule has 0 aromatic heterocycles. The van der Waals surface area contributed by atoms with Crippen LogP contribution in [0, 0.1) is 5.92 Å². The monoisotopic (exact) mass is 396 g/mol. The molecule has 2 rings (SSSR count). The molecule has 0 spiro atoms. The van der Waals surface area contributed by atoms with E-state index in [9.17, 15) is 24.2 Å². The number of nitrogens with one attached hydrogen (secondary N) is 4. The maximum atomic E-state index is 12.6. The molecule has 0 radical (unpaired) electrons. The molecule has 1 saturated heterocycles. The number of hydrogen-bond donors (Lipinski definition) is 5. The zero-order valence-electron chi connectivity index (χ0n) is 16.3. The SMILES string of the molecule is CC(=O)N[C@H](C(=O)N[C@@H](C)C(=O)NCC(=O)N[C@H]1CCOB1O)C1CCCC1. The van der Waals surface area contributed by atoms with Crippen LogP contribution in [0.15, 0.2) is 0 Å². The van der Waals surface area contributed by atoms with Gasteiger partial charge in [-0.15, -0.1) is 0 Å². The van der Waals surface area contributed by atoms with Gasteiger partial charge in [0.1, 0.15) is 12.1 Å². The quantitative estimate of drug-likeness (QED) is 0.307. The summed E-state index contributed by atoms with van der Waals surface area (Å²) in [6.45, 7) is 2.95. The van der Waals surface area contributed by atoms with Gasteiger partial charge in [0.05, 0.1) is 12.5 Å². The lowest BCUT2D eigenvalue weighted by atomic mass is 9.80. The Morgan fingerprint density at radius 1 is 1.11 bits per heavy atom. The third-order valence-corrected chi connectivity index (χ3v) is 5.10. The van der Waals surface area contributed by atoms with E-state index >= 15 is 0 Å². The highest BCUT2D eigenvalue weighted by Gasteiger charge is 2.34. The van der Waals surface area contributed by atoms with Crippen LogP contribution in [0.1, 0.15) is 46.0 Å². The molecule has 156 valence electrons. The van der Waals surface area contributed by atoms with Crippen molar-refractivity contribution in [3.63, 3.8) is 0 Å². The topological polar surface area (TPSA) is 146 Å². The fourth-order valence-electron chi connectivity index (χ4n) is 3.57. The summed E-state index contributed by atoms with van der Waals surface area (Å²) in [5.74, 6) is -2.10. The van der Waals surface area contributed by atoms with E-state index in [-0.39, 0.29) is 18.4 Å². The van der Waals surface area contributed by atoms with Crippen molar-refractivity contribution in [1.82, 2.24) is 21.3 Å². The summed E-state index contributed by atoms with van der Waals surface area (Å²) in [5.41, 5.74) is 0. The molecule has 1 saturated carbocycles. The van der Waals surface area contributed by atoms with Crippen LogP contribution in [0.25, 0.3) is 0 Å². The van der Waals surface area contributed by atoms with Crippen LogP contribution in [0.2, 0.25) is 0 Å². The Hall–Kier alpha value is -2.14. The van der Waals surface area contributed by atoms with E-state index in [1.807, 2.05) is 0 Å². The first-order chi connectivity index (χ1) is 13.3. The molecule has 5 N–H and O–H groups in total. The van der Waals surface area contributed by atoms with Crippen molar-refractivity contribution in [3.05, 3.63) is 0 Å². The summed E-state index contributed by atoms with van der Waals surface area (Å²) in [5, 5.41) is 19.8. The van der Waals surface area contributed by atoms with Crippen LogP contribution in [-0.2, 0) is 23.8 Å². The van der Waals surface area contributed by atoms with Gasteiger partial charge in [-0.2, -0.15) is 0 Å². The lowest BCUT2D eigenvalue weighted by molar-refractivity contribution is -0.133. The summed E-state index contributed by atoms with van der Waals surface area (Å²) in [7, 11) is -1.04. The first-order valence-corrected chi connectivity index (χ1v) is 9.72. The number of carbonyl (C=O) groups is 4. The van der Waals surface area contributed by atoms with Gasteiger partial charge in [-0.1, -0.05) is 12.8 Å². The molecule has 10 nitrogen and oxygen atoms in total. The molecule has 11 heteroatoms. The molecule has 0 bridgehead atoms. The van der Waals surface area contributed by atoms with Crippen LogP contribution in [0.3, 0.4) is 0 Å². The van der Waals surface area contributed by atoms with E-state index in [1.54, 1.807) is 0 Å². The predicted molar refractivity (Wildman–Crippen MR) is 101 cm³/mol. The second-order valence-corrected chi connectivity index (χ2v) is 7.39. The minimum absolute atomic E-state index is 0.0602. The van der Waals surface area contributed by atoms with Crippen LogP contribution >= 0.6 is 0 Å². The van der Waals surface area contributed by atoms with Gasteiger partial charge in [-0.05, 0) is 32.1 Å². The van der Waals surface area contributed by atoms with Gasteiger partial charge >= 0.3 is 7.12 Å². The average Bonchev–Trinajstić information content (AvgIpc) is 3.29. The maximum absolute atomic E-state index is 12.6. The second kappa shape index (κ2) is 10.4. The Kier molecular flexibility index (Phi) is 8.25. The molecule has 4 amide bonds. The highest BCUT2D eigenvalue weighted by Crippen LogP contribution is 2.28. The minimum atomic E-state index is -1.04. The van der Waals surface area contributed by atoms with Crippen LogP contribution in [0.4, 0.5) is 0 Å². The van der Waals surface area contributed by atoms with Crippen molar-refractivity contribution in [1.29, 1.82) is 0 Å². The predicted octanol–water partition coefficient (Wildman–Crippen LogP) is -1.77. The molecule has 28 heavy (non-hydrogen) atoms. The summed E-state index contributed by atoms with van der Waals surface area (Å²) >= 11 is 0. The molecular formula is C17H29BN4O6. The molecule has 0 aromatic rings. The molecule has 3 atom stereocenters. The second-order valence-electron chi connectivity index (χ2n) is 7.39. The van der Waals surface area contributed by atoms with E-state index in [0.29, 0.717) is 13.0 Å². The number of rotatable bonds is 8. The molecule has 1 aliphatic carbocycles. The number of hydrogen-bond acceptors (Lipinski definition) is 6. The van der Waals surface area contributed by atoms with Gasteiger partial charge < -0.3 is 30.9 Å². The van der Waals surface area contributed by atoms with Gasteiger partial charge in [0, 0.05) is 13.5 Å². The molecule has 2 fully saturated rings. The molecule has 1 aliphatic heterocycles. The van der Waals surface area contributed by atoms with E-state index in [1.165, 1.54) is 13.8 Å². The van der Waals surface area contributed by atoms with Gasteiger partial charge in [0.25, 0.3) is 0 Å². The average molecular weight is 396 g/mol. The number of carbonyl (C=O) groups excluding carboxylic acids is 4. The fraction of sp³-hybridized carbons (Fsp3) is 0.765. The molecule has 1 heterocycles. The third-order valence-electron chi connectivity index (χ3n) is 5.10. The standard InChI is InChI=1S/C17H29BN4O6/c1-10(16(25)19-9-14(24)22-13-7-8-28-18(13)27)20-17(26)15(21-11(2)23)12-5-3-4-6-12/h10,12-13,15,27H,3-9H2,1-2H3,(H,19,25)(H,20,26)(H,21,23)(H,22,24)/t10-,13-,15-/m0/s1. The summed E-state index contributed by atoms with van der Waals surface area (Å²) in [6.07, 6.45) is 4.24. The van der Waals surface area contributed by atoms with Gasteiger partial charge in [-0.3, -0.25) is 19.2 Å². The van der Waals surface area contributed by atoms with Crippen molar-refractivity contribution < 1.29 is 28.9 Å². The minimum Gasteiger partial charge on any atom is -0.426 e. The summed E-state index contributed by atoms with van der Waals surface area (Å²) in [4.78, 5) is 48.0. The summed E-state index contributed by atoms with van der Waals surface area (Å²) < 4.78 is 4.94. The Morgan fingerprint density at radius 3 is 2.36 bits per heavy atom. The molecular weight excluding hydrogens is 367 g/mol. The van der Waals surface area contributed by atoms with Gasteiger partial charge in [-0.25, -0.2) is 0 Å². The molecule has 0 aromatic carbocycles. The lowest BCUT2D eigenvalue weighted by Crippen LogP contribution is -2.55. The van der Waals surface area contributed by atoms with Crippen molar-refractivity contribution in [2.45, 2.75) is 64.0 Å². The molecule has 0 unspecified atom stereocenters. The van der Waals surface area contributed by atoms with Crippen molar-refractivity contribution in [3.8, 4) is 0 Å². The van der Waals surface area contributed by atoms with Crippen molar-refractivity contribution >= 4 is 30.7 Å². The third kappa shape index (κ3) is 6.48. The smallest absolute Gasteiger partial charge is 0.426 e. The first kappa shape index (κ1) is 22.2. The van der Waals surface area contributed by atoms with E-state index < -0.39 is 42.9 Å². The zero-order valence-corrected chi connectivity index (χ0v) is 16.3. The highest BCUT2D eigenvalue weighted by atomic mass is 16.5. The van der Waals surface area contributed by atoms with E-state index in [0.717, 1.165) is 25.7 Å². The Balaban J connectivity index is 1.78. The fourth-order valence-corrected chi connectivity index (χ4v) is 3.57. The van der Waals surface area contributed by atoms with Crippen LogP contribution < -0.4 is 21.3 Å². The number of amides is 4. The molecule has 2 aliphatic rings. The lowest BCUT2D eigenvalue weighted by Gasteiger charge is -2.25. The van der Waals surface area contributed by atoms with Crippen LogP contribution in [-0.4, -0.2) is 66.9 Å². The first-order valence-electron chi connectivity index (χ1n) is 9.72. The van der Waals surface area contributed by atoms with Gasteiger partial charge in [0.15, 0.2) is 0 Å². The Bertz CT molecular complexity index is 598. The van der Waals surface area contributed by atoms with Crippen molar-refractivity contribution in [2.24, 2.45) is 5.92 Å².